The van der Waals surface area contributed by atoms with Crippen molar-refractivity contribution in [1.29, 1.82) is 0 Å². The molecule has 186 valence electrons. The van der Waals surface area contributed by atoms with Crippen molar-refractivity contribution in [3.63, 3.8) is 0 Å². The lowest BCUT2D eigenvalue weighted by molar-refractivity contribution is -0.144. The molecule has 0 aliphatic rings. The summed E-state index contributed by atoms with van der Waals surface area (Å²) in [5.41, 5.74) is 5.38. The molecular weight excluding hydrogens is 416 g/mol. The minimum absolute atomic E-state index is 0.00156. The molecule has 4 N–H and O–H groups in total. The van der Waals surface area contributed by atoms with Crippen LogP contribution >= 0.6 is 0 Å². The van der Waals surface area contributed by atoms with Gasteiger partial charge in [-0.05, 0) is 17.8 Å². The standard InChI is InChI=1S/C22H42N4O6/c1-10-14(6)19(15(32-9)11-16(23)27)25(7)21(29)17(12(2)3)24-20(28)18(13(4)5)26(8)22(30)31/h12-15,17-19H,10-11H2,1-9H3,(H2,23,27)(H,24,28)(H,30,31)/t14-,15+,17-,18-,19-/m0/s1. The number of hydrogen-bond donors (Lipinski definition) is 3. The summed E-state index contributed by atoms with van der Waals surface area (Å²) < 4.78 is 5.51. The van der Waals surface area contributed by atoms with Crippen LogP contribution in [0.15, 0.2) is 0 Å². The number of rotatable bonds is 13. The highest BCUT2D eigenvalue weighted by atomic mass is 16.5. The van der Waals surface area contributed by atoms with Crippen LogP contribution in [0.2, 0.25) is 0 Å². The van der Waals surface area contributed by atoms with Gasteiger partial charge >= 0.3 is 6.09 Å². The maximum absolute atomic E-state index is 13.5. The molecule has 32 heavy (non-hydrogen) atoms. The normalized spacial score (nSPS) is 16.1. The van der Waals surface area contributed by atoms with Crippen LogP contribution in [0, 0.1) is 17.8 Å². The van der Waals surface area contributed by atoms with Gasteiger partial charge in [0, 0.05) is 21.2 Å². The number of nitrogens with two attached hydrogens (primary N) is 1. The zero-order chi connectivity index (χ0) is 25.3. The number of hydrogen-bond acceptors (Lipinski definition) is 5. The van der Waals surface area contributed by atoms with Crippen molar-refractivity contribution in [3.05, 3.63) is 0 Å². The van der Waals surface area contributed by atoms with Crippen LogP contribution in [-0.4, -0.2) is 84.2 Å². The second kappa shape index (κ2) is 13.2. The second-order valence-corrected chi connectivity index (χ2v) is 9.08. The Labute approximate surface area is 191 Å². The van der Waals surface area contributed by atoms with E-state index in [1.807, 2.05) is 13.8 Å². The van der Waals surface area contributed by atoms with Gasteiger partial charge < -0.3 is 25.8 Å². The van der Waals surface area contributed by atoms with Crippen molar-refractivity contribution in [2.24, 2.45) is 23.5 Å². The van der Waals surface area contributed by atoms with Crippen molar-refractivity contribution in [3.8, 4) is 0 Å². The zero-order valence-electron chi connectivity index (χ0n) is 20.9. The Bertz CT molecular complexity index is 654. The number of primary amides is 1. The van der Waals surface area contributed by atoms with E-state index in [-0.39, 0.29) is 30.1 Å². The van der Waals surface area contributed by atoms with Crippen LogP contribution in [0.3, 0.4) is 0 Å². The summed E-state index contributed by atoms with van der Waals surface area (Å²) in [6, 6.07) is -2.27. The second-order valence-electron chi connectivity index (χ2n) is 9.08. The fraction of sp³-hybridized carbons (Fsp3) is 0.818. The fourth-order valence-electron chi connectivity index (χ4n) is 3.94. The lowest BCUT2D eigenvalue weighted by Crippen LogP contribution is -2.60. The van der Waals surface area contributed by atoms with Crippen molar-refractivity contribution in [2.45, 2.75) is 78.6 Å². The van der Waals surface area contributed by atoms with Crippen LogP contribution in [0.25, 0.3) is 0 Å². The SMILES string of the molecule is CC[C@H](C)[C@@H]([C@@H](CC(N)=O)OC)N(C)C(=O)[C@@H](NC(=O)[C@H](C(C)C)N(C)C(=O)O)C(C)C. The summed E-state index contributed by atoms with van der Waals surface area (Å²) in [4.78, 5) is 51.9. The third-order valence-corrected chi connectivity index (χ3v) is 5.96. The summed E-state index contributed by atoms with van der Waals surface area (Å²) in [6.45, 7) is 11.0. The molecule has 0 rings (SSSR count). The number of carbonyl (C=O) groups is 4. The Balaban J connectivity index is 5.93. The molecule has 0 saturated heterocycles. The van der Waals surface area contributed by atoms with Gasteiger partial charge in [0.15, 0.2) is 0 Å². The number of methoxy groups -OCH3 is 1. The Morgan fingerprint density at radius 2 is 1.53 bits per heavy atom. The van der Waals surface area contributed by atoms with E-state index in [9.17, 15) is 24.3 Å². The predicted octanol–water partition coefficient (Wildman–Crippen LogP) is 1.53. The largest absolute Gasteiger partial charge is 0.465 e. The monoisotopic (exact) mass is 458 g/mol. The van der Waals surface area contributed by atoms with Crippen molar-refractivity contribution >= 4 is 23.8 Å². The molecule has 0 aliphatic carbocycles. The lowest BCUT2D eigenvalue weighted by atomic mass is 9.89. The third-order valence-electron chi connectivity index (χ3n) is 5.96. The van der Waals surface area contributed by atoms with Crippen LogP contribution in [0.5, 0.6) is 0 Å². The minimum Gasteiger partial charge on any atom is -0.465 e. The van der Waals surface area contributed by atoms with Gasteiger partial charge in [0.1, 0.15) is 12.1 Å². The summed E-state index contributed by atoms with van der Waals surface area (Å²) in [7, 11) is 4.42. The number of carboxylic acid groups (broad SMARTS) is 1. The number of amides is 4. The number of ether oxygens (including phenoxy) is 1. The maximum atomic E-state index is 13.5. The van der Waals surface area contributed by atoms with E-state index in [1.54, 1.807) is 34.7 Å². The smallest absolute Gasteiger partial charge is 0.407 e. The Morgan fingerprint density at radius 1 is 1.00 bits per heavy atom. The number of nitrogens with zero attached hydrogens (tertiary/aromatic N) is 2. The summed E-state index contributed by atoms with van der Waals surface area (Å²) in [5, 5.41) is 12.1. The number of likely N-dealkylation sites (N-methyl/N-ethyl adjacent to an activating group) is 2. The first kappa shape index (κ1) is 29.6. The van der Waals surface area contributed by atoms with E-state index in [2.05, 4.69) is 5.32 Å². The molecule has 0 bridgehead atoms. The highest BCUT2D eigenvalue weighted by molar-refractivity contribution is 5.91. The van der Waals surface area contributed by atoms with E-state index in [4.69, 9.17) is 10.5 Å². The average molecular weight is 459 g/mol. The maximum Gasteiger partial charge on any atom is 0.407 e. The average Bonchev–Trinajstić information content (AvgIpc) is 2.69. The third kappa shape index (κ3) is 7.96. The molecule has 0 unspecified atom stereocenters. The van der Waals surface area contributed by atoms with Gasteiger partial charge in [-0.1, -0.05) is 48.0 Å². The summed E-state index contributed by atoms with van der Waals surface area (Å²) in [5.74, 6) is -1.96. The Morgan fingerprint density at radius 3 is 1.88 bits per heavy atom. The molecule has 0 saturated carbocycles. The molecule has 0 aliphatic heterocycles. The molecule has 0 aromatic rings. The molecule has 10 nitrogen and oxygen atoms in total. The van der Waals surface area contributed by atoms with E-state index in [0.717, 1.165) is 11.3 Å². The quantitative estimate of drug-likeness (QED) is 0.382. The highest BCUT2D eigenvalue weighted by Crippen LogP contribution is 2.23. The predicted molar refractivity (Wildman–Crippen MR) is 122 cm³/mol. The van der Waals surface area contributed by atoms with Crippen LogP contribution in [0.4, 0.5) is 4.79 Å². The Kier molecular flexibility index (Phi) is 12.3. The van der Waals surface area contributed by atoms with Crippen molar-refractivity contribution in [2.75, 3.05) is 21.2 Å². The molecule has 10 heteroatoms. The van der Waals surface area contributed by atoms with Gasteiger partial charge in [-0.3, -0.25) is 19.3 Å². The van der Waals surface area contributed by atoms with Crippen LogP contribution in [-0.2, 0) is 19.1 Å². The molecule has 0 radical (unpaired) electrons. The first-order valence-corrected chi connectivity index (χ1v) is 11.0. The number of nitrogens with one attached hydrogen (secondary N) is 1. The van der Waals surface area contributed by atoms with Gasteiger partial charge in [-0.25, -0.2) is 4.79 Å². The van der Waals surface area contributed by atoms with Gasteiger partial charge in [-0.15, -0.1) is 0 Å². The molecule has 0 spiro atoms. The molecular formula is C22H42N4O6. The number of carbonyl (C=O) groups excluding carboxylic acids is 3. The zero-order valence-corrected chi connectivity index (χ0v) is 20.9. The molecule has 5 atom stereocenters. The first-order valence-electron chi connectivity index (χ1n) is 11.0. The molecule has 0 fully saturated rings. The van der Waals surface area contributed by atoms with E-state index in [0.29, 0.717) is 0 Å². The van der Waals surface area contributed by atoms with Gasteiger partial charge in [-0.2, -0.15) is 0 Å². The van der Waals surface area contributed by atoms with E-state index in [1.165, 1.54) is 19.1 Å². The van der Waals surface area contributed by atoms with E-state index >= 15 is 0 Å². The van der Waals surface area contributed by atoms with Crippen LogP contribution < -0.4 is 11.1 Å². The highest BCUT2D eigenvalue weighted by Gasteiger charge is 2.39. The molecule has 0 aromatic carbocycles. The lowest BCUT2D eigenvalue weighted by Gasteiger charge is -2.40. The topological polar surface area (TPSA) is 142 Å². The molecule has 0 heterocycles. The summed E-state index contributed by atoms with van der Waals surface area (Å²) >= 11 is 0. The van der Waals surface area contributed by atoms with Gasteiger partial charge in [0.25, 0.3) is 0 Å². The van der Waals surface area contributed by atoms with Crippen molar-refractivity contribution < 1.29 is 29.0 Å². The van der Waals surface area contributed by atoms with Crippen molar-refractivity contribution in [1.82, 2.24) is 15.1 Å². The van der Waals surface area contributed by atoms with Gasteiger partial charge in [0.2, 0.25) is 17.7 Å². The minimum atomic E-state index is -1.23. The first-order chi connectivity index (χ1) is 14.7. The van der Waals surface area contributed by atoms with E-state index < -0.39 is 42.1 Å². The van der Waals surface area contributed by atoms with Crippen LogP contribution in [0.1, 0.15) is 54.4 Å². The fourth-order valence-corrected chi connectivity index (χ4v) is 3.94. The Hall–Kier alpha value is -2.36. The summed E-state index contributed by atoms with van der Waals surface area (Å²) in [6.07, 6.45) is -1.13. The molecule has 4 amide bonds. The van der Waals surface area contributed by atoms with Gasteiger partial charge in [0.05, 0.1) is 18.6 Å². The molecule has 0 aromatic heterocycles.